The Balaban J connectivity index is 1.64. The number of fused-ring (bicyclic) bond motifs is 1. The first-order valence-corrected chi connectivity index (χ1v) is 10.8. The van der Waals surface area contributed by atoms with Crippen LogP contribution in [0.1, 0.15) is 13.3 Å². The molecule has 0 saturated carbocycles. The van der Waals surface area contributed by atoms with Crippen molar-refractivity contribution in [1.82, 2.24) is 14.5 Å². The molecule has 0 saturated heterocycles. The molecule has 0 fully saturated rings. The molecule has 2 aromatic carbocycles. The maximum Gasteiger partial charge on any atom is 0.262 e. The van der Waals surface area contributed by atoms with Crippen LogP contribution in [0.4, 0.5) is 10.1 Å². The minimum absolute atomic E-state index is 0.0365. The number of halogens is 1. The predicted octanol–water partition coefficient (Wildman–Crippen LogP) is 3.13. The second kappa shape index (κ2) is 10.2. The molecule has 162 valence electrons. The third-order valence-corrected chi connectivity index (χ3v) is 5.49. The number of para-hydroxylation sites is 1. The molecule has 2 amide bonds. The number of rotatable bonds is 8. The quantitative estimate of drug-likeness (QED) is 0.428. The molecule has 0 aliphatic rings. The summed E-state index contributed by atoms with van der Waals surface area (Å²) in [5.41, 5.74) is 0.904. The van der Waals surface area contributed by atoms with E-state index in [0.717, 1.165) is 6.42 Å². The van der Waals surface area contributed by atoms with Gasteiger partial charge in [0.05, 0.1) is 23.2 Å². The van der Waals surface area contributed by atoms with Gasteiger partial charge in [-0.25, -0.2) is 9.37 Å². The number of aromatic nitrogens is 2. The molecule has 9 heteroatoms. The normalized spacial score (nSPS) is 10.8. The van der Waals surface area contributed by atoms with Crippen LogP contribution in [0, 0.1) is 5.82 Å². The van der Waals surface area contributed by atoms with Gasteiger partial charge in [-0.1, -0.05) is 30.8 Å². The third kappa shape index (κ3) is 5.69. The molecular formula is C22H23FN4O3S. The molecule has 1 aromatic heterocycles. The molecule has 0 radical (unpaired) electrons. The van der Waals surface area contributed by atoms with E-state index in [-0.39, 0.29) is 29.7 Å². The lowest BCUT2D eigenvalue weighted by Gasteiger charge is -2.17. The Kier molecular flexibility index (Phi) is 7.41. The summed E-state index contributed by atoms with van der Waals surface area (Å²) >= 11 is 1.17. The Labute approximate surface area is 183 Å². The number of anilines is 1. The standard InChI is InChI=1S/C22H23FN4O3S/c1-3-12-27-21(30)17-6-4-5-7-18(17)25-22(27)31-14-20(29)26(2)13-19(28)24-16-10-8-15(23)9-11-16/h4-11H,3,12-14H2,1-2H3,(H,24,28). The van der Waals surface area contributed by atoms with Gasteiger partial charge in [-0.15, -0.1) is 0 Å². The van der Waals surface area contributed by atoms with Crippen LogP contribution in [0.5, 0.6) is 0 Å². The Morgan fingerprint density at radius 2 is 1.87 bits per heavy atom. The van der Waals surface area contributed by atoms with E-state index in [1.54, 1.807) is 22.8 Å². The van der Waals surface area contributed by atoms with Crippen molar-refractivity contribution < 1.29 is 14.0 Å². The van der Waals surface area contributed by atoms with Gasteiger partial charge < -0.3 is 10.2 Å². The molecule has 7 nitrogen and oxygen atoms in total. The van der Waals surface area contributed by atoms with Crippen molar-refractivity contribution in [2.45, 2.75) is 25.0 Å². The van der Waals surface area contributed by atoms with Crippen molar-refractivity contribution in [3.63, 3.8) is 0 Å². The molecule has 1 N–H and O–H groups in total. The Morgan fingerprint density at radius 1 is 1.16 bits per heavy atom. The maximum atomic E-state index is 13.0. The lowest BCUT2D eigenvalue weighted by Crippen LogP contribution is -2.36. The SMILES string of the molecule is CCCn1c(SCC(=O)N(C)CC(=O)Nc2ccc(F)cc2)nc2ccccc2c1=O. The number of hydrogen-bond donors (Lipinski definition) is 1. The van der Waals surface area contributed by atoms with Crippen LogP contribution in [0.15, 0.2) is 58.5 Å². The van der Waals surface area contributed by atoms with Gasteiger partial charge in [0.15, 0.2) is 5.16 Å². The number of nitrogens with one attached hydrogen (secondary N) is 1. The van der Waals surface area contributed by atoms with E-state index < -0.39 is 5.82 Å². The van der Waals surface area contributed by atoms with Crippen molar-refractivity contribution in [2.75, 3.05) is 24.7 Å². The zero-order valence-electron chi connectivity index (χ0n) is 17.3. The first-order chi connectivity index (χ1) is 14.9. The minimum Gasteiger partial charge on any atom is -0.336 e. The second-order valence-electron chi connectivity index (χ2n) is 6.96. The molecule has 3 aromatic rings. The summed E-state index contributed by atoms with van der Waals surface area (Å²) in [4.78, 5) is 43.3. The van der Waals surface area contributed by atoms with E-state index in [4.69, 9.17) is 0 Å². The molecule has 0 bridgehead atoms. The summed E-state index contributed by atoms with van der Waals surface area (Å²) in [7, 11) is 1.53. The summed E-state index contributed by atoms with van der Waals surface area (Å²) in [5.74, 6) is -1.02. The monoisotopic (exact) mass is 442 g/mol. The van der Waals surface area contributed by atoms with Crippen LogP contribution in [0.25, 0.3) is 10.9 Å². The summed E-state index contributed by atoms with van der Waals surface area (Å²) in [5, 5.41) is 3.64. The number of benzene rings is 2. The molecule has 0 aliphatic heterocycles. The highest BCUT2D eigenvalue weighted by Crippen LogP contribution is 2.18. The molecule has 31 heavy (non-hydrogen) atoms. The number of likely N-dealkylation sites (N-methyl/N-ethyl adjacent to an activating group) is 1. The zero-order valence-corrected chi connectivity index (χ0v) is 18.1. The van der Waals surface area contributed by atoms with E-state index in [1.165, 1.54) is 48.0 Å². The Hall–Kier alpha value is -3.20. The fraction of sp³-hybridized carbons (Fsp3) is 0.273. The summed E-state index contributed by atoms with van der Waals surface area (Å²) in [6.07, 6.45) is 0.755. The highest BCUT2D eigenvalue weighted by atomic mass is 32.2. The second-order valence-corrected chi connectivity index (χ2v) is 7.90. The van der Waals surface area contributed by atoms with Gasteiger partial charge in [-0.3, -0.25) is 19.0 Å². The summed E-state index contributed by atoms with van der Waals surface area (Å²) in [6.45, 7) is 2.32. The van der Waals surface area contributed by atoms with Gasteiger partial charge in [-0.2, -0.15) is 0 Å². The van der Waals surface area contributed by atoms with Crippen molar-refractivity contribution in [3.8, 4) is 0 Å². The molecule has 0 spiro atoms. The summed E-state index contributed by atoms with van der Waals surface area (Å²) in [6, 6.07) is 12.5. The van der Waals surface area contributed by atoms with Crippen LogP contribution in [0.2, 0.25) is 0 Å². The number of carbonyl (C=O) groups is 2. The van der Waals surface area contributed by atoms with Gasteiger partial charge >= 0.3 is 0 Å². The zero-order chi connectivity index (χ0) is 22.4. The highest BCUT2D eigenvalue weighted by molar-refractivity contribution is 7.99. The lowest BCUT2D eigenvalue weighted by molar-refractivity contribution is -0.131. The largest absolute Gasteiger partial charge is 0.336 e. The van der Waals surface area contributed by atoms with Crippen LogP contribution in [-0.2, 0) is 16.1 Å². The van der Waals surface area contributed by atoms with Crippen LogP contribution < -0.4 is 10.9 Å². The predicted molar refractivity (Wildman–Crippen MR) is 120 cm³/mol. The maximum absolute atomic E-state index is 13.0. The molecular weight excluding hydrogens is 419 g/mol. The number of nitrogens with zero attached hydrogens (tertiary/aromatic N) is 3. The van der Waals surface area contributed by atoms with Crippen LogP contribution >= 0.6 is 11.8 Å². The molecule has 0 aliphatic carbocycles. The molecule has 0 atom stereocenters. The third-order valence-electron chi connectivity index (χ3n) is 4.53. The first kappa shape index (κ1) is 22.5. The Bertz CT molecular complexity index is 1150. The minimum atomic E-state index is -0.397. The van der Waals surface area contributed by atoms with Crippen LogP contribution in [0.3, 0.4) is 0 Å². The van der Waals surface area contributed by atoms with E-state index in [1.807, 2.05) is 13.0 Å². The number of hydrogen-bond acceptors (Lipinski definition) is 5. The number of thioether (sulfide) groups is 1. The van der Waals surface area contributed by atoms with E-state index in [0.29, 0.717) is 28.3 Å². The van der Waals surface area contributed by atoms with Crippen molar-refractivity contribution >= 4 is 40.2 Å². The Morgan fingerprint density at radius 3 is 2.58 bits per heavy atom. The van der Waals surface area contributed by atoms with E-state index in [2.05, 4.69) is 10.3 Å². The van der Waals surface area contributed by atoms with Gasteiger partial charge in [0.2, 0.25) is 11.8 Å². The first-order valence-electron chi connectivity index (χ1n) is 9.80. The van der Waals surface area contributed by atoms with E-state index >= 15 is 0 Å². The number of carbonyl (C=O) groups excluding carboxylic acids is 2. The molecule has 3 rings (SSSR count). The molecule has 0 unspecified atom stereocenters. The fourth-order valence-electron chi connectivity index (χ4n) is 2.95. The average Bonchev–Trinajstić information content (AvgIpc) is 2.76. The van der Waals surface area contributed by atoms with Crippen LogP contribution in [-0.4, -0.2) is 45.6 Å². The van der Waals surface area contributed by atoms with E-state index in [9.17, 15) is 18.8 Å². The highest BCUT2D eigenvalue weighted by Gasteiger charge is 2.16. The smallest absolute Gasteiger partial charge is 0.262 e. The summed E-state index contributed by atoms with van der Waals surface area (Å²) < 4.78 is 14.5. The fourth-order valence-corrected chi connectivity index (χ4v) is 3.92. The van der Waals surface area contributed by atoms with Crippen molar-refractivity contribution in [1.29, 1.82) is 0 Å². The van der Waals surface area contributed by atoms with Crippen molar-refractivity contribution in [3.05, 3.63) is 64.7 Å². The van der Waals surface area contributed by atoms with Gasteiger partial charge in [0.1, 0.15) is 5.82 Å². The van der Waals surface area contributed by atoms with Gasteiger partial charge in [0.25, 0.3) is 5.56 Å². The lowest BCUT2D eigenvalue weighted by atomic mass is 10.2. The van der Waals surface area contributed by atoms with Gasteiger partial charge in [-0.05, 0) is 42.8 Å². The average molecular weight is 443 g/mol. The number of amides is 2. The van der Waals surface area contributed by atoms with Crippen molar-refractivity contribution in [2.24, 2.45) is 0 Å². The molecule has 1 heterocycles. The van der Waals surface area contributed by atoms with Gasteiger partial charge in [0, 0.05) is 19.3 Å². The topological polar surface area (TPSA) is 84.3 Å².